The van der Waals surface area contributed by atoms with Crippen molar-refractivity contribution < 1.29 is 0 Å². The molecule has 2 nitrogen and oxygen atoms in total. The van der Waals surface area contributed by atoms with Gasteiger partial charge in [0.05, 0.1) is 0 Å². The second-order valence-electron chi connectivity index (χ2n) is 2.47. The van der Waals surface area contributed by atoms with Crippen molar-refractivity contribution in [3.05, 3.63) is 12.2 Å². The van der Waals surface area contributed by atoms with Crippen molar-refractivity contribution in [2.24, 2.45) is 0 Å². The maximum absolute atomic E-state index is 7.17. The first kappa shape index (κ1) is 8.37. The topological polar surface area (TPSA) is 27.1 Å². The first-order chi connectivity index (χ1) is 4.04. The van der Waals surface area contributed by atoms with Crippen LogP contribution in [0.3, 0.4) is 0 Å². The van der Waals surface area contributed by atoms with Gasteiger partial charge in [-0.2, -0.15) is 0 Å². The fourth-order valence-corrected chi connectivity index (χ4v) is 0.500. The van der Waals surface area contributed by atoms with Crippen molar-refractivity contribution in [2.75, 3.05) is 20.6 Å². The predicted octanol–water partition coefficient (Wildman–Crippen LogP) is 1.14. The highest BCUT2D eigenvalue weighted by atomic mass is 15.0. The number of likely N-dealkylation sites (N-methyl/N-ethyl adjacent to an activating group) is 1. The van der Waals surface area contributed by atoms with Crippen LogP contribution < -0.4 is 0 Å². The van der Waals surface area contributed by atoms with Crippen LogP contribution in [0.15, 0.2) is 12.2 Å². The molecule has 0 amide bonds. The second-order valence-corrected chi connectivity index (χ2v) is 2.47. The maximum atomic E-state index is 7.17. The summed E-state index contributed by atoms with van der Waals surface area (Å²) < 4.78 is 0. The number of nitrogens with zero attached hydrogens (tertiary/aromatic N) is 1. The normalized spacial score (nSPS) is 9.78. The van der Waals surface area contributed by atoms with E-state index < -0.39 is 0 Å². The van der Waals surface area contributed by atoms with Crippen LogP contribution in [-0.4, -0.2) is 31.3 Å². The molecular formula is C7H14N2. The van der Waals surface area contributed by atoms with E-state index in [0.29, 0.717) is 5.71 Å². The Morgan fingerprint density at radius 1 is 1.56 bits per heavy atom. The molecule has 0 aromatic carbocycles. The van der Waals surface area contributed by atoms with E-state index in [9.17, 15) is 0 Å². The standard InChI is InChI=1S/C7H14N2/c1-6(7(2)8)5-9(3)4/h8H,1,5H2,2-4H3. The molecule has 2 heteroatoms. The third-order valence-corrected chi connectivity index (χ3v) is 1.04. The van der Waals surface area contributed by atoms with Gasteiger partial charge < -0.3 is 10.3 Å². The molecular weight excluding hydrogens is 112 g/mol. The largest absolute Gasteiger partial charge is 0.305 e. The van der Waals surface area contributed by atoms with Gasteiger partial charge in [0.2, 0.25) is 0 Å². The molecule has 0 unspecified atom stereocenters. The second kappa shape index (κ2) is 3.41. The first-order valence-electron chi connectivity index (χ1n) is 2.92. The van der Waals surface area contributed by atoms with Crippen LogP contribution in [0, 0.1) is 5.41 Å². The van der Waals surface area contributed by atoms with Crippen molar-refractivity contribution in [3.8, 4) is 0 Å². The summed E-state index contributed by atoms with van der Waals surface area (Å²) in [5.74, 6) is 0. The molecule has 0 saturated heterocycles. The maximum Gasteiger partial charge on any atom is 0.0322 e. The Labute approximate surface area is 56.7 Å². The van der Waals surface area contributed by atoms with E-state index in [4.69, 9.17) is 5.41 Å². The third-order valence-electron chi connectivity index (χ3n) is 1.04. The lowest BCUT2D eigenvalue weighted by atomic mass is 10.2. The van der Waals surface area contributed by atoms with Gasteiger partial charge >= 0.3 is 0 Å². The van der Waals surface area contributed by atoms with Gasteiger partial charge in [-0.25, -0.2) is 0 Å². The highest BCUT2D eigenvalue weighted by molar-refractivity contribution is 5.95. The minimum absolute atomic E-state index is 0.573. The number of nitrogens with one attached hydrogen (secondary N) is 1. The Hall–Kier alpha value is -0.630. The Morgan fingerprint density at radius 2 is 2.00 bits per heavy atom. The molecule has 0 heterocycles. The molecule has 0 bridgehead atoms. The van der Waals surface area contributed by atoms with Crippen molar-refractivity contribution in [1.29, 1.82) is 5.41 Å². The van der Waals surface area contributed by atoms with Crippen LogP contribution in [0.4, 0.5) is 0 Å². The van der Waals surface area contributed by atoms with Gasteiger partial charge in [-0.05, 0) is 26.6 Å². The molecule has 1 N–H and O–H groups in total. The lowest BCUT2D eigenvalue weighted by molar-refractivity contribution is 0.451. The molecule has 0 aliphatic rings. The Kier molecular flexibility index (Phi) is 3.17. The van der Waals surface area contributed by atoms with Crippen molar-refractivity contribution in [2.45, 2.75) is 6.92 Å². The van der Waals surface area contributed by atoms with Crippen LogP contribution in [0.25, 0.3) is 0 Å². The van der Waals surface area contributed by atoms with E-state index in [1.807, 2.05) is 19.0 Å². The molecule has 0 spiro atoms. The molecule has 0 aromatic heterocycles. The van der Waals surface area contributed by atoms with Crippen molar-refractivity contribution in [1.82, 2.24) is 4.90 Å². The molecule has 0 radical (unpaired) electrons. The van der Waals surface area contributed by atoms with E-state index >= 15 is 0 Å². The minimum atomic E-state index is 0.573. The quantitative estimate of drug-likeness (QED) is 0.564. The summed E-state index contributed by atoms with van der Waals surface area (Å²) in [7, 11) is 3.93. The monoisotopic (exact) mass is 126 g/mol. The number of hydrogen-bond acceptors (Lipinski definition) is 2. The Bertz CT molecular complexity index is 125. The molecule has 0 rings (SSSR count). The van der Waals surface area contributed by atoms with Gasteiger partial charge in [0.15, 0.2) is 0 Å². The molecule has 9 heavy (non-hydrogen) atoms. The summed E-state index contributed by atoms with van der Waals surface area (Å²) in [5, 5.41) is 7.17. The zero-order valence-corrected chi connectivity index (χ0v) is 6.36. The lowest BCUT2D eigenvalue weighted by Crippen LogP contribution is -2.17. The van der Waals surface area contributed by atoms with Gasteiger partial charge in [-0.15, -0.1) is 0 Å². The van der Waals surface area contributed by atoms with Crippen molar-refractivity contribution >= 4 is 5.71 Å². The average Bonchev–Trinajstić information content (AvgIpc) is 1.63. The fraction of sp³-hybridized carbons (Fsp3) is 0.571. The minimum Gasteiger partial charge on any atom is -0.305 e. The van der Waals surface area contributed by atoms with Crippen LogP contribution in [-0.2, 0) is 0 Å². The summed E-state index contributed by atoms with van der Waals surface area (Å²) in [6.45, 7) is 6.27. The van der Waals surface area contributed by atoms with E-state index in [0.717, 1.165) is 12.1 Å². The molecule has 0 atom stereocenters. The predicted molar refractivity (Wildman–Crippen MR) is 41.1 cm³/mol. The fourth-order valence-electron chi connectivity index (χ4n) is 0.500. The van der Waals surface area contributed by atoms with Crippen LogP contribution >= 0.6 is 0 Å². The molecule has 0 saturated carbocycles. The summed E-state index contributed by atoms with van der Waals surface area (Å²) in [5.41, 5.74) is 1.46. The van der Waals surface area contributed by atoms with Crippen LogP contribution in [0.1, 0.15) is 6.92 Å². The molecule has 0 aromatic rings. The molecule has 0 aliphatic carbocycles. The van der Waals surface area contributed by atoms with Gasteiger partial charge in [0, 0.05) is 12.3 Å². The lowest BCUT2D eigenvalue weighted by Gasteiger charge is -2.09. The summed E-state index contributed by atoms with van der Waals surface area (Å²) in [6, 6.07) is 0. The summed E-state index contributed by atoms with van der Waals surface area (Å²) >= 11 is 0. The Balaban J connectivity index is 3.65. The first-order valence-corrected chi connectivity index (χ1v) is 2.92. The zero-order valence-electron chi connectivity index (χ0n) is 6.36. The molecule has 52 valence electrons. The van der Waals surface area contributed by atoms with Crippen LogP contribution in [0.5, 0.6) is 0 Å². The van der Waals surface area contributed by atoms with Crippen molar-refractivity contribution in [3.63, 3.8) is 0 Å². The number of rotatable bonds is 3. The highest BCUT2D eigenvalue weighted by Crippen LogP contribution is 1.92. The molecule has 0 fully saturated rings. The van der Waals surface area contributed by atoms with E-state index in [2.05, 4.69) is 6.58 Å². The third kappa shape index (κ3) is 3.91. The zero-order chi connectivity index (χ0) is 7.44. The van der Waals surface area contributed by atoms with Crippen LogP contribution in [0.2, 0.25) is 0 Å². The number of hydrogen-bond donors (Lipinski definition) is 1. The van der Waals surface area contributed by atoms with E-state index in [1.165, 1.54) is 0 Å². The Morgan fingerprint density at radius 3 is 2.11 bits per heavy atom. The van der Waals surface area contributed by atoms with Gasteiger partial charge in [-0.1, -0.05) is 6.58 Å². The molecule has 0 aliphatic heterocycles. The highest BCUT2D eigenvalue weighted by Gasteiger charge is 1.96. The van der Waals surface area contributed by atoms with Gasteiger partial charge in [-0.3, -0.25) is 0 Å². The van der Waals surface area contributed by atoms with E-state index in [1.54, 1.807) is 6.92 Å². The average molecular weight is 126 g/mol. The van der Waals surface area contributed by atoms with Gasteiger partial charge in [0.25, 0.3) is 0 Å². The SMILES string of the molecule is C=C(CN(C)C)C(C)=N. The van der Waals surface area contributed by atoms with E-state index in [-0.39, 0.29) is 0 Å². The summed E-state index contributed by atoms with van der Waals surface area (Å²) in [6.07, 6.45) is 0. The van der Waals surface area contributed by atoms with Gasteiger partial charge in [0.1, 0.15) is 0 Å². The summed E-state index contributed by atoms with van der Waals surface area (Å²) in [4.78, 5) is 2.00. The smallest absolute Gasteiger partial charge is 0.0322 e.